The van der Waals surface area contributed by atoms with Gasteiger partial charge in [0.1, 0.15) is 5.82 Å². The maximum atomic E-state index is 13.1. The van der Waals surface area contributed by atoms with Crippen LogP contribution < -0.4 is 10.6 Å². The summed E-state index contributed by atoms with van der Waals surface area (Å²) < 4.78 is 18.3. The molecule has 0 radical (unpaired) electrons. The van der Waals surface area contributed by atoms with Crippen LogP contribution in [0.15, 0.2) is 33.8 Å². The first-order valence-electron chi connectivity index (χ1n) is 7.60. The number of aliphatic imine (C=N–C) groups is 1. The Morgan fingerprint density at radius 3 is 2.75 bits per heavy atom. The van der Waals surface area contributed by atoms with Gasteiger partial charge in [0, 0.05) is 32.5 Å². The molecule has 0 saturated heterocycles. The molecule has 1 heterocycles. The summed E-state index contributed by atoms with van der Waals surface area (Å²) in [6.45, 7) is 5.15. The van der Waals surface area contributed by atoms with E-state index in [4.69, 9.17) is 4.52 Å². The molecule has 0 amide bonds. The van der Waals surface area contributed by atoms with Gasteiger partial charge in [0.2, 0.25) is 5.89 Å². The van der Waals surface area contributed by atoms with Crippen molar-refractivity contribution in [2.24, 2.45) is 4.99 Å². The number of aromatic nitrogens is 2. The average molecular weight is 447 g/mol. The van der Waals surface area contributed by atoms with Crippen molar-refractivity contribution in [2.45, 2.75) is 32.7 Å². The standard InChI is InChI=1S/C16H22FN5O.HI/c1-11(2)15-21-14(23-22-15)7-8-19-16(18-3)20-10-12-5-4-6-13(17)9-12;/h4-6,9,11H,7-8,10H2,1-3H3,(H2,18,19,20);1H. The average Bonchev–Trinajstić information content (AvgIpc) is 3.00. The van der Waals surface area contributed by atoms with Crippen molar-refractivity contribution in [3.8, 4) is 0 Å². The highest BCUT2D eigenvalue weighted by molar-refractivity contribution is 14.0. The Morgan fingerprint density at radius 2 is 2.12 bits per heavy atom. The van der Waals surface area contributed by atoms with Gasteiger partial charge in [-0.1, -0.05) is 31.1 Å². The Labute approximate surface area is 158 Å². The highest BCUT2D eigenvalue weighted by Gasteiger charge is 2.09. The molecule has 24 heavy (non-hydrogen) atoms. The lowest BCUT2D eigenvalue weighted by Crippen LogP contribution is -2.37. The summed E-state index contributed by atoms with van der Waals surface area (Å²) in [4.78, 5) is 8.44. The van der Waals surface area contributed by atoms with Crippen molar-refractivity contribution in [2.75, 3.05) is 13.6 Å². The third kappa shape index (κ3) is 6.42. The van der Waals surface area contributed by atoms with E-state index in [1.807, 2.05) is 19.9 Å². The Morgan fingerprint density at radius 1 is 1.33 bits per heavy atom. The van der Waals surface area contributed by atoms with E-state index in [1.165, 1.54) is 12.1 Å². The molecule has 8 heteroatoms. The highest BCUT2D eigenvalue weighted by atomic mass is 127. The van der Waals surface area contributed by atoms with Crippen molar-refractivity contribution < 1.29 is 8.91 Å². The Balaban J connectivity index is 0.00000288. The van der Waals surface area contributed by atoms with Gasteiger partial charge in [-0.2, -0.15) is 4.98 Å². The Kier molecular flexibility index (Phi) is 8.66. The summed E-state index contributed by atoms with van der Waals surface area (Å²) in [5.41, 5.74) is 0.853. The lowest BCUT2D eigenvalue weighted by atomic mass is 10.2. The molecule has 6 nitrogen and oxygen atoms in total. The molecule has 1 aromatic carbocycles. The molecule has 0 atom stereocenters. The number of hydrogen-bond acceptors (Lipinski definition) is 4. The smallest absolute Gasteiger partial charge is 0.228 e. The molecule has 0 aliphatic rings. The van der Waals surface area contributed by atoms with Crippen molar-refractivity contribution in [1.82, 2.24) is 20.8 Å². The quantitative estimate of drug-likeness (QED) is 0.405. The normalized spacial score (nSPS) is 11.3. The zero-order valence-corrected chi connectivity index (χ0v) is 16.4. The third-order valence-corrected chi connectivity index (χ3v) is 3.20. The van der Waals surface area contributed by atoms with E-state index in [0.717, 1.165) is 5.56 Å². The van der Waals surface area contributed by atoms with Gasteiger partial charge in [-0.15, -0.1) is 24.0 Å². The largest absolute Gasteiger partial charge is 0.356 e. The van der Waals surface area contributed by atoms with E-state index in [9.17, 15) is 4.39 Å². The molecular formula is C16H23FIN5O. The van der Waals surface area contributed by atoms with Gasteiger partial charge in [-0.3, -0.25) is 4.99 Å². The number of halogens is 2. The van der Waals surface area contributed by atoms with Gasteiger partial charge in [-0.05, 0) is 17.7 Å². The van der Waals surface area contributed by atoms with Crippen LogP contribution >= 0.6 is 24.0 Å². The minimum Gasteiger partial charge on any atom is -0.356 e. The summed E-state index contributed by atoms with van der Waals surface area (Å²) in [5.74, 6) is 1.96. The molecule has 0 aliphatic heterocycles. The van der Waals surface area contributed by atoms with Crippen LogP contribution in [0.3, 0.4) is 0 Å². The fourth-order valence-corrected chi connectivity index (χ4v) is 1.95. The van der Waals surface area contributed by atoms with Crippen LogP contribution in [-0.2, 0) is 13.0 Å². The fourth-order valence-electron chi connectivity index (χ4n) is 1.95. The highest BCUT2D eigenvalue weighted by Crippen LogP contribution is 2.09. The molecule has 0 aliphatic carbocycles. The van der Waals surface area contributed by atoms with E-state index in [1.54, 1.807) is 13.1 Å². The fraction of sp³-hybridized carbons (Fsp3) is 0.438. The summed E-state index contributed by atoms with van der Waals surface area (Å²) in [6.07, 6.45) is 0.611. The lowest BCUT2D eigenvalue weighted by molar-refractivity contribution is 0.371. The summed E-state index contributed by atoms with van der Waals surface area (Å²) >= 11 is 0. The number of benzene rings is 1. The molecule has 2 rings (SSSR count). The van der Waals surface area contributed by atoms with Crippen LogP contribution in [0.1, 0.15) is 37.0 Å². The lowest BCUT2D eigenvalue weighted by Gasteiger charge is -2.11. The monoisotopic (exact) mass is 447 g/mol. The predicted octanol–water partition coefficient (Wildman–Crippen LogP) is 2.86. The third-order valence-electron chi connectivity index (χ3n) is 3.20. The minimum absolute atomic E-state index is 0. The summed E-state index contributed by atoms with van der Waals surface area (Å²) in [6, 6.07) is 6.46. The molecular weight excluding hydrogens is 424 g/mol. The minimum atomic E-state index is -0.246. The second-order valence-electron chi connectivity index (χ2n) is 5.43. The maximum absolute atomic E-state index is 13.1. The number of guanidine groups is 1. The zero-order valence-electron chi connectivity index (χ0n) is 14.0. The summed E-state index contributed by atoms with van der Waals surface area (Å²) in [7, 11) is 1.68. The molecule has 0 saturated carbocycles. The van der Waals surface area contributed by atoms with Gasteiger partial charge in [-0.25, -0.2) is 4.39 Å². The SMILES string of the molecule is CN=C(NCCc1nc(C(C)C)no1)NCc1cccc(F)c1.I. The molecule has 0 unspecified atom stereocenters. The van der Waals surface area contributed by atoms with Gasteiger partial charge in [0.05, 0.1) is 0 Å². The zero-order chi connectivity index (χ0) is 16.7. The number of hydrogen-bond donors (Lipinski definition) is 2. The van der Waals surface area contributed by atoms with Crippen LogP contribution in [0.25, 0.3) is 0 Å². The molecule has 1 aromatic heterocycles. The van der Waals surface area contributed by atoms with Crippen LogP contribution in [0, 0.1) is 5.82 Å². The first-order valence-corrected chi connectivity index (χ1v) is 7.60. The molecule has 0 spiro atoms. The number of nitrogens with zero attached hydrogens (tertiary/aromatic N) is 3. The number of rotatable bonds is 6. The first-order chi connectivity index (χ1) is 11.1. The van der Waals surface area contributed by atoms with Crippen LogP contribution in [0.2, 0.25) is 0 Å². The molecule has 0 fully saturated rings. The van der Waals surface area contributed by atoms with Gasteiger partial charge in [0.25, 0.3) is 0 Å². The molecule has 132 valence electrons. The molecule has 0 bridgehead atoms. The predicted molar refractivity (Wildman–Crippen MR) is 102 cm³/mol. The van der Waals surface area contributed by atoms with E-state index in [2.05, 4.69) is 25.8 Å². The summed E-state index contributed by atoms with van der Waals surface area (Å²) in [5, 5.41) is 10.2. The Hall–Kier alpha value is -1.71. The second kappa shape index (κ2) is 10.2. The van der Waals surface area contributed by atoms with Crippen LogP contribution in [0.4, 0.5) is 4.39 Å². The topological polar surface area (TPSA) is 75.3 Å². The number of nitrogens with one attached hydrogen (secondary N) is 2. The van der Waals surface area contributed by atoms with Crippen molar-refractivity contribution in [3.63, 3.8) is 0 Å². The molecule has 2 aromatic rings. The van der Waals surface area contributed by atoms with Crippen molar-refractivity contribution in [3.05, 3.63) is 47.4 Å². The first kappa shape index (κ1) is 20.3. The van der Waals surface area contributed by atoms with E-state index in [-0.39, 0.29) is 35.7 Å². The molecule has 2 N–H and O–H groups in total. The van der Waals surface area contributed by atoms with E-state index < -0.39 is 0 Å². The van der Waals surface area contributed by atoms with Crippen molar-refractivity contribution >= 4 is 29.9 Å². The van der Waals surface area contributed by atoms with E-state index in [0.29, 0.717) is 37.2 Å². The maximum Gasteiger partial charge on any atom is 0.228 e. The van der Waals surface area contributed by atoms with Crippen LogP contribution in [0.5, 0.6) is 0 Å². The van der Waals surface area contributed by atoms with Gasteiger partial charge in [0.15, 0.2) is 11.8 Å². The van der Waals surface area contributed by atoms with Crippen molar-refractivity contribution in [1.29, 1.82) is 0 Å². The Bertz CT molecular complexity index is 659. The van der Waals surface area contributed by atoms with Crippen LogP contribution in [-0.4, -0.2) is 29.7 Å². The second-order valence-corrected chi connectivity index (χ2v) is 5.43. The van der Waals surface area contributed by atoms with Gasteiger partial charge < -0.3 is 15.2 Å². The van der Waals surface area contributed by atoms with E-state index >= 15 is 0 Å². The van der Waals surface area contributed by atoms with Gasteiger partial charge >= 0.3 is 0 Å².